The van der Waals surface area contributed by atoms with E-state index in [4.69, 9.17) is 0 Å². The van der Waals surface area contributed by atoms with E-state index in [1.165, 1.54) is 38.5 Å². The fourth-order valence-corrected chi connectivity index (χ4v) is 1.42. The summed E-state index contributed by atoms with van der Waals surface area (Å²) in [6.07, 6.45) is 20.5. The summed E-state index contributed by atoms with van der Waals surface area (Å²) in [4.78, 5) is 0. The average molecular weight is 163 g/mol. The van der Waals surface area contributed by atoms with Crippen molar-refractivity contribution in [3.8, 4) is 0 Å². The zero-order chi connectivity index (χ0) is 8.49. The Hall–Kier alpha value is -0.520. The van der Waals surface area contributed by atoms with Gasteiger partial charge in [0.1, 0.15) is 0 Å². The Kier molecular flexibility index (Phi) is 5.70. The van der Waals surface area contributed by atoms with Crippen LogP contribution in [0.3, 0.4) is 0 Å². The average Bonchev–Trinajstić information content (AvgIpc) is 2.05. The van der Waals surface area contributed by atoms with E-state index in [2.05, 4.69) is 30.7 Å². The van der Waals surface area contributed by atoms with E-state index >= 15 is 0 Å². The summed E-state index contributed by atoms with van der Waals surface area (Å²) in [5.74, 6) is 0. The number of hydrogen-bond acceptors (Lipinski definition) is 0. The van der Waals surface area contributed by atoms with Crippen LogP contribution in [-0.2, 0) is 0 Å². The number of allylic oxidation sites excluding steroid dienone is 4. The van der Waals surface area contributed by atoms with Gasteiger partial charge in [-0.1, -0.05) is 37.1 Å². The Morgan fingerprint density at radius 1 is 0.583 bits per heavy atom. The van der Waals surface area contributed by atoms with Crippen molar-refractivity contribution in [2.45, 2.75) is 44.9 Å². The lowest BCUT2D eigenvalue weighted by atomic mass is 10.1. The Bertz CT molecular complexity index is 126. The summed E-state index contributed by atoms with van der Waals surface area (Å²) in [6.45, 7) is 0. The summed E-state index contributed by atoms with van der Waals surface area (Å²) in [5.41, 5.74) is 0. The van der Waals surface area contributed by atoms with Gasteiger partial charge in [-0.15, -0.1) is 0 Å². The molecule has 0 saturated heterocycles. The molecule has 0 aromatic heterocycles. The van der Waals surface area contributed by atoms with Crippen LogP contribution >= 0.6 is 0 Å². The van der Waals surface area contributed by atoms with E-state index in [9.17, 15) is 0 Å². The van der Waals surface area contributed by atoms with Gasteiger partial charge in [0.15, 0.2) is 0 Å². The SMILES string of the molecule is [CH]1CC/C=C\C/C=C\CCCC1. The third kappa shape index (κ3) is 5.17. The first-order valence-electron chi connectivity index (χ1n) is 5.12. The Balaban J connectivity index is 2.20. The van der Waals surface area contributed by atoms with Crippen LogP contribution in [0.25, 0.3) is 0 Å². The molecule has 67 valence electrons. The highest BCUT2D eigenvalue weighted by molar-refractivity contribution is 4.93. The van der Waals surface area contributed by atoms with Crippen LogP contribution in [-0.4, -0.2) is 0 Å². The van der Waals surface area contributed by atoms with Gasteiger partial charge >= 0.3 is 0 Å². The third-order valence-corrected chi connectivity index (χ3v) is 2.17. The molecule has 0 amide bonds. The fourth-order valence-electron chi connectivity index (χ4n) is 1.42. The first-order chi connectivity index (χ1) is 6.00. The van der Waals surface area contributed by atoms with Crippen molar-refractivity contribution in [1.82, 2.24) is 0 Å². The number of hydrogen-bond donors (Lipinski definition) is 0. The van der Waals surface area contributed by atoms with E-state index in [1.54, 1.807) is 0 Å². The van der Waals surface area contributed by atoms with Gasteiger partial charge in [-0.25, -0.2) is 0 Å². The van der Waals surface area contributed by atoms with Crippen molar-refractivity contribution in [2.75, 3.05) is 0 Å². The minimum absolute atomic E-state index is 1.12. The molecule has 0 N–H and O–H groups in total. The molecule has 0 bridgehead atoms. The van der Waals surface area contributed by atoms with Gasteiger partial charge < -0.3 is 0 Å². The Morgan fingerprint density at radius 3 is 2.25 bits per heavy atom. The largest absolute Gasteiger partial charge is 0.0882 e. The normalized spacial score (nSPS) is 26.7. The van der Waals surface area contributed by atoms with Crippen LogP contribution in [0.5, 0.6) is 0 Å². The second kappa shape index (κ2) is 7.15. The van der Waals surface area contributed by atoms with Gasteiger partial charge in [-0.05, 0) is 38.5 Å². The summed E-state index contributed by atoms with van der Waals surface area (Å²) in [5, 5.41) is 0. The van der Waals surface area contributed by atoms with Gasteiger partial charge in [-0.2, -0.15) is 0 Å². The molecule has 1 radical (unpaired) electrons. The summed E-state index contributed by atoms with van der Waals surface area (Å²) in [6, 6.07) is 0. The molecule has 12 heavy (non-hydrogen) atoms. The summed E-state index contributed by atoms with van der Waals surface area (Å²) < 4.78 is 0. The highest BCUT2D eigenvalue weighted by Crippen LogP contribution is 2.08. The summed E-state index contributed by atoms with van der Waals surface area (Å²) >= 11 is 0. The maximum absolute atomic E-state index is 2.43. The van der Waals surface area contributed by atoms with E-state index in [-0.39, 0.29) is 0 Å². The molecule has 0 atom stereocenters. The molecule has 0 aromatic rings. The van der Waals surface area contributed by atoms with Gasteiger partial charge in [0.25, 0.3) is 0 Å². The van der Waals surface area contributed by atoms with Crippen molar-refractivity contribution in [3.63, 3.8) is 0 Å². The zero-order valence-electron chi connectivity index (χ0n) is 7.84. The maximum Gasteiger partial charge on any atom is -0.0169 e. The first kappa shape index (κ1) is 9.57. The van der Waals surface area contributed by atoms with Crippen LogP contribution in [0.2, 0.25) is 0 Å². The quantitative estimate of drug-likeness (QED) is 0.473. The predicted octanol–water partition coefficient (Wildman–Crippen LogP) is 4.05. The van der Waals surface area contributed by atoms with E-state index in [0.717, 1.165) is 6.42 Å². The molecule has 0 aromatic carbocycles. The highest BCUT2D eigenvalue weighted by atomic mass is 14.0. The third-order valence-electron chi connectivity index (χ3n) is 2.17. The van der Waals surface area contributed by atoms with Crippen molar-refractivity contribution in [1.29, 1.82) is 0 Å². The second-order valence-electron chi connectivity index (χ2n) is 3.33. The minimum Gasteiger partial charge on any atom is -0.0882 e. The van der Waals surface area contributed by atoms with Crippen LogP contribution in [0.4, 0.5) is 0 Å². The molecule has 1 aliphatic carbocycles. The van der Waals surface area contributed by atoms with Gasteiger partial charge in [0, 0.05) is 0 Å². The molecule has 0 heterocycles. The molecule has 0 saturated carbocycles. The van der Waals surface area contributed by atoms with Gasteiger partial charge in [0.2, 0.25) is 0 Å². The van der Waals surface area contributed by atoms with Crippen molar-refractivity contribution >= 4 is 0 Å². The second-order valence-corrected chi connectivity index (χ2v) is 3.33. The first-order valence-corrected chi connectivity index (χ1v) is 5.12. The highest BCUT2D eigenvalue weighted by Gasteiger charge is 1.89. The molecule has 1 rings (SSSR count). The molecule has 0 spiro atoms. The Morgan fingerprint density at radius 2 is 1.33 bits per heavy atom. The smallest absolute Gasteiger partial charge is 0.0169 e. The zero-order valence-corrected chi connectivity index (χ0v) is 7.84. The fraction of sp³-hybridized carbons (Fsp3) is 0.583. The lowest BCUT2D eigenvalue weighted by Gasteiger charge is -1.98. The van der Waals surface area contributed by atoms with Crippen molar-refractivity contribution in [3.05, 3.63) is 30.7 Å². The van der Waals surface area contributed by atoms with Gasteiger partial charge in [0.05, 0.1) is 0 Å². The molecule has 1 aliphatic rings. The lowest BCUT2D eigenvalue weighted by molar-refractivity contribution is 0.713. The molecule has 0 heteroatoms. The molecule has 0 nitrogen and oxygen atoms in total. The maximum atomic E-state index is 2.43. The minimum atomic E-state index is 1.12. The molecular formula is C12H19. The Labute approximate surface area is 76.4 Å². The van der Waals surface area contributed by atoms with E-state index < -0.39 is 0 Å². The summed E-state index contributed by atoms with van der Waals surface area (Å²) in [7, 11) is 0. The predicted molar refractivity (Wildman–Crippen MR) is 54.9 cm³/mol. The van der Waals surface area contributed by atoms with E-state index in [1.807, 2.05) is 0 Å². The van der Waals surface area contributed by atoms with E-state index in [0.29, 0.717) is 0 Å². The molecule has 0 fully saturated rings. The van der Waals surface area contributed by atoms with Crippen LogP contribution < -0.4 is 0 Å². The van der Waals surface area contributed by atoms with Crippen LogP contribution in [0, 0.1) is 6.42 Å². The molecule has 0 unspecified atom stereocenters. The standard InChI is InChI=1S/C12H19/c1-2-4-6-8-10-12-11-9-7-5-3-1/h1-2,5,7-8H,3-4,6,9-12H2/b2-1-,7-5-. The van der Waals surface area contributed by atoms with Crippen molar-refractivity contribution in [2.24, 2.45) is 0 Å². The number of rotatable bonds is 0. The van der Waals surface area contributed by atoms with Crippen LogP contribution in [0.15, 0.2) is 24.3 Å². The molecular weight excluding hydrogens is 144 g/mol. The molecule has 0 aliphatic heterocycles. The van der Waals surface area contributed by atoms with Crippen LogP contribution in [0.1, 0.15) is 44.9 Å². The van der Waals surface area contributed by atoms with Crippen molar-refractivity contribution < 1.29 is 0 Å². The topological polar surface area (TPSA) is 0 Å². The lowest BCUT2D eigenvalue weighted by Crippen LogP contribution is -1.80. The van der Waals surface area contributed by atoms with Gasteiger partial charge in [-0.3, -0.25) is 0 Å². The monoisotopic (exact) mass is 163 g/mol.